The fraction of sp³-hybridized carbons (Fsp3) is 0.417. The van der Waals surface area contributed by atoms with Crippen molar-refractivity contribution in [3.8, 4) is 0 Å². The monoisotopic (exact) mass is 247 g/mol. The van der Waals surface area contributed by atoms with Crippen molar-refractivity contribution in [2.24, 2.45) is 0 Å². The molecule has 2 rings (SSSR count). The highest BCUT2D eigenvalue weighted by Crippen LogP contribution is 2.09. The molecule has 0 aliphatic heterocycles. The van der Waals surface area contributed by atoms with Crippen molar-refractivity contribution < 1.29 is 4.74 Å². The zero-order valence-electron chi connectivity index (χ0n) is 10.5. The number of aryl methyl sites for hydroxylation is 1. The van der Waals surface area contributed by atoms with E-state index in [0.717, 1.165) is 24.5 Å². The van der Waals surface area contributed by atoms with Gasteiger partial charge in [-0.1, -0.05) is 6.08 Å². The molecule has 96 valence electrons. The third kappa shape index (κ3) is 3.04. The van der Waals surface area contributed by atoms with E-state index in [-0.39, 0.29) is 0 Å². The zero-order valence-corrected chi connectivity index (χ0v) is 10.5. The van der Waals surface area contributed by atoms with Crippen molar-refractivity contribution in [2.45, 2.75) is 13.3 Å². The van der Waals surface area contributed by atoms with Gasteiger partial charge in [0.2, 0.25) is 0 Å². The Morgan fingerprint density at radius 3 is 3.22 bits per heavy atom. The second-order valence-electron chi connectivity index (χ2n) is 3.87. The van der Waals surface area contributed by atoms with Crippen LogP contribution in [0.3, 0.4) is 0 Å². The lowest BCUT2D eigenvalue weighted by Crippen LogP contribution is -2.13. The summed E-state index contributed by atoms with van der Waals surface area (Å²) < 4.78 is 7.10. The average Bonchev–Trinajstić information content (AvgIpc) is 2.81. The average molecular weight is 247 g/mol. The van der Waals surface area contributed by atoms with E-state index >= 15 is 0 Å². The molecule has 0 spiro atoms. The van der Waals surface area contributed by atoms with Gasteiger partial charge in [-0.05, 0) is 13.3 Å². The van der Waals surface area contributed by atoms with Crippen LogP contribution in [0, 0.1) is 6.92 Å². The van der Waals surface area contributed by atoms with Crippen LogP contribution in [-0.2, 0) is 4.74 Å². The molecular weight excluding hydrogens is 230 g/mol. The first-order valence-electron chi connectivity index (χ1n) is 5.91. The number of anilines is 1. The van der Waals surface area contributed by atoms with Gasteiger partial charge in [0, 0.05) is 18.3 Å². The number of fused-ring (bicyclic) bond motifs is 1. The second-order valence-corrected chi connectivity index (χ2v) is 3.87. The molecule has 0 fully saturated rings. The zero-order chi connectivity index (χ0) is 12.8. The molecule has 0 unspecified atom stereocenters. The Balaban J connectivity index is 1.90. The number of aromatic nitrogens is 4. The predicted molar refractivity (Wildman–Crippen MR) is 69.6 cm³/mol. The lowest BCUT2D eigenvalue weighted by molar-refractivity contribution is 0.149. The second kappa shape index (κ2) is 6.11. The van der Waals surface area contributed by atoms with E-state index in [1.54, 1.807) is 4.52 Å². The van der Waals surface area contributed by atoms with Gasteiger partial charge in [-0.2, -0.15) is 14.6 Å². The van der Waals surface area contributed by atoms with E-state index in [0.29, 0.717) is 19.0 Å². The minimum Gasteiger partial charge on any atom is -0.379 e. The number of nitrogens with zero attached hydrogens (tertiary/aromatic N) is 4. The van der Waals surface area contributed by atoms with Gasteiger partial charge in [0.15, 0.2) is 0 Å². The topological polar surface area (TPSA) is 64.3 Å². The van der Waals surface area contributed by atoms with Crippen LogP contribution in [0.2, 0.25) is 0 Å². The van der Waals surface area contributed by atoms with Crippen molar-refractivity contribution in [3.63, 3.8) is 0 Å². The molecular formula is C12H17N5O. The summed E-state index contributed by atoms with van der Waals surface area (Å²) in [7, 11) is 0. The lowest BCUT2D eigenvalue weighted by atomic mass is 10.4. The number of rotatable bonds is 7. The van der Waals surface area contributed by atoms with E-state index in [4.69, 9.17) is 4.74 Å². The van der Waals surface area contributed by atoms with Gasteiger partial charge < -0.3 is 10.1 Å². The summed E-state index contributed by atoms with van der Waals surface area (Å²) in [4.78, 5) is 8.34. The van der Waals surface area contributed by atoms with Crippen molar-refractivity contribution in [1.29, 1.82) is 0 Å². The molecule has 0 aliphatic carbocycles. The van der Waals surface area contributed by atoms with Gasteiger partial charge >= 0.3 is 0 Å². The molecule has 0 saturated carbocycles. The number of nitrogens with one attached hydrogen (secondary N) is 1. The Morgan fingerprint density at radius 1 is 1.50 bits per heavy atom. The predicted octanol–water partition coefficient (Wildman–Crippen LogP) is 1.44. The molecule has 0 aromatic carbocycles. The summed E-state index contributed by atoms with van der Waals surface area (Å²) in [5.41, 5.74) is 0.908. The highest BCUT2D eigenvalue weighted by atomic mass is 16.5. The van der Waals surface area contributed by atoms with Crippen LogP contribution in [0.25, 0.3) is 5.78 Å². The van der Waals surface area contributed by atoms with Gasteiger partial charge in [-0.3, -0.25) is 0 Å². The Bertz CT molecular complexity index is 522. The van der Waals surface area contributed by atoms with Crippen molar-refractivity contribution in [2.75, 3.05) is 25.1 Å². The maximum Gasteiger partial charge on any atom is 0.254 e. The van der Waals surface area contributed by atoms with Crippen LogP contribution in [0.4, 0.5) is 5.82 Å². The molecule has 2 heterocycles. The molecule has 2 aromatic rings. The van der Waals surface area contributed by atoms with Crippen LogP contribution in [0.5, 0.6) is 0 Å². The van der Waals surface area contributed by atoms with Gasteiger partial charge in [0.1, 0.15) is 12.1 Å². The molecule has 6 heteroatoms. The van der Waals surface area contributed by atoms with E-state index in [1.165, 1.54) is 6.33 Å². The standard InChI is InChI=1S/C12H17N5O/c1-3-4-6-18-7-5-13-11-8-10(2)16-12-14-9-15-17(11)12/h3,8-9,13H,1,4-7H2,2H3. The number of hydrogen-bond donors (Lipinski definition) is 1. The van der Waals surface area contributed by atoms with E-state index in [2.05, 4.69) is 27.0 Å². The van der Waals surface area contributed by atoms with Crippen LogP contribution in [-0.4, -0.2) is 39.3 Å². The summed E-state index contributed by atoms with van der Waals surface area (Å²) >= 11 is 0. The molecule has 2 aromatic heterocycles. The van der Waals surface area contributed by atoms with E-state index in [9.17, 15) is 0 Å². The van der Waals surface area contributed by atoms with E-state index < -0.39 is 0 Å². The first-order valence-corrected chi connectivity index (χ1v) is 5.91. The summed E-state index contributed by atoms with van der Waals surface area (Å²) in [6.45, 7) is 7.64. The molecule has 0 saturated heterocycles. The lowest BCUT2D eigenvalue weighted by Gasteiger charge is -2.08. The first kappa shape index (κ1) is 12.5. The maximum atomic E-state index is 5.42. The fourth-order valence-corrected chi connectivity index (χ4v) is 1.58. The molecule has 6 nitrogen and oxygen atoms in total. The minimum atomic E-state index is 0.602. The Hall–Kier alpha value is -1.95. The van der Waals surface area contributed by atoms with Crippen LogP contribution < -0.4 is 5.32 Å². The quantitative estimate of drug-likeness (QED) is 0.592. The fourth-order valence-electron chi connectivity index (χ4n) is 1.58. The highest BCUT2D eigenvalue weighted by Gasteiger charge is 2.04. The van der Waals surface area contributed by atoms with Gasteiger partial charge in [0.05, 0.1) is 13.2 Å². The maximum absolute atomic E-state index is 5.42. The molecule has 0 radical (unpaired) electrons. The molecule has 0 amide bonds. The summed E-state index contributed by atoms with van der Waals surface area (Å²) in [5.74, 6) is 1.48. The third-order valence-corrected chi connectivity index (χ3v) is 2.40. The van der Waals surface area contributed by atoms with Crippen molar-refractivity contribution in [3.05, 3.63) is 30.7 Å². The largest absolute Gasteiger partial charge is 0.379 e. The highest BCUT2D eigenvalue weighted by molar-refractivity contribution is 5.44. The van der Waals surface area contributed by atoms with E-state index in [1.807, 2.05) is 19.1 Å². The summed E-state index contributed by atoms with van der Waals surface area (Å²) in [6.07, 6.45) is 4.22. The number of hydrogen-bond acceptors (Lipinski definition) is 5. The molecule has 18 heavy (non-hydrogen) atoms. The van der Waals surface area contributed by atoms with Gasteiger partial charge in [-0.25, -0.2) is 4.98 Å². The summed E-state index contributed by atoms with van der Waals surface area (Å²) in [6, 6.07) is 1.94. The van der Waals surface area contributed by atoms with Crippen LogP contribution in [0.15, 0.2) is 25.0 Å². The van der Waals surface area contributed by atoms with Gasteiger partial charge in [0.25, 0.3) is 5.78 Å². The third-order valence-electron chi connectivity index (χ3n) is 2.40. The SMILES string of the molecule is C=CCCOCCNc1cc(C)nc2ncnn12. The summed E-state index contributed by atoms with van der Waals surface area (Å²) in [5, 5.41) is 7.38. The molecule has 0 aliphatic rings. The minimum absolute atomic E-state index is 0.602. The molecule has 1 N–H and O–H groups in total. The first-order chi connectivity index (χ1) is 8.81. The molecule has 0 bridgehead atoms. The number of ether oxygens (including phenoxy) is 1. The van der Waals surface area contributed by atoms with Gasteiger partial charge in [-0.15, -0.1) is 6.58 Å². The smallest absolute Gasteiger partial charge is 0.254 e. The van der Waals surface area contributed by atoms with Crippen LogP contribution >= 0.6 is 0 Å². The Morgan fingerprint density at radius 2 is 2.39 bits per heavy atom. The van der Waals surface area contributed by atoms with Crippen molar-refractivity contribution >= 4 is 11.6 Å². The van der Waals surface area contributed by atoms with Crippen LogP contribution in [0.1, 0.15) is 12.1 Å². The van der Waals surface area contributed by atoms with Crippen molar-refractivity contribution in [1.82, 2.24) is 19.6 Å². The normalized spacial score (nSPS) is 10.7. The Kier molecular flexibility index (Phi) is 4.25. The molecule has 0 atom stereocenters. The Labute approximate surface area is 106 Å².